The minimum atomic E-state index is -0.0346. The summed E-state index contributed by atoms with van der Waals surface area (Å²) in [6.07, 6.45) is 3.53. The summed E-state index contributed by atoms with van der Waals surface area (Å²) in [7, 11) is 0. The van der Waals surface area contributed by atoms with Crippen molar-refractivity contribution in [2.75, 3.05) is 0 Å². The van der Waals surface area contributed by atoms with E-state index in [1.165, 1.54) is 5.56 Å². The van der Waals surface area contributed by atoms with Crippen LogP contribution in [0.2, 0.25) is 0 Å². The van der Waals surface area contributed by atoms with Crippen molar-refractivity contribution in [1.29, 1.82) is 0 Å². The van der Waals surface area contributed by atoms with E-state index in [4.69, 9.17) is 0 Å². The van der Waals surface area contributed by atoms with Crippen LogP contribution < -0.4 is 5.32 Å². The topological polar surface area (TPSA) is 46.9 Å². The average molecular weight is 291 g/mol. The van der Waals surface area contributed by atoms with Gasteiger partial charge in [0.2, 0.25) is 0 Å². The lowest BCUT2D eigenvalue weighted by Crippen LogP contribution is -2.34. The molecule has 2 heterocycles. The summed E-state index contributed by atoms with van der Waals surface area (Å²) < 4.78 is 1.89. The van der Waals surface area contributed by atoms with Gasteiger partial charge in [0, 0.05) is 18.3 Å². The summed E-state index contributed by atoms with van der Waals surface area (Å²) in [6, 6.07) is 2.21. The van der Waals surface area contributed by atoms with Crippen molar-refractivity contribution in [2.24, 2.45) is 0 Å². The number of hydrogen-bond donors (Lipinski definition) is 1. The van der Waals surface area contributed by atoms with Gasteiger partial charge < -0.3 is 5.32 Å². The molecule has 0 aliphatic heterocycles. The molecule has 0 spiro atoms. The number of amides is 1. The summed E-state index contributed by atoms with van der Waals surface area (Å²) >= 11 is 1.68. The standard InChI is InChI=1S/C15H21N3OS/c1-4-6-18-12(3)14(9-16-18)15(19)17-11(2)8-13-5-7-20-10-13/h5,7,9-11H,4,6,8H2,1-3H3,(H,17,19). The molecule has 1 amide bonds. The average Bonchev–Trinajstić information content (AvgIpc) is 3.01. The van der Waals surface area contributed by atoms with Gasteiger partial charge in [-0.1, -0.05) is 6.92 Å². The van der Waals surface area contributed by atoms with Crippen molar-refractivity contribution >= 4 is 17.2 Å². The third kappa shape index (κ3) is 3.48. The van der Waals surface area contributed by atoms with Crippen LogP contribution in [-0.2, 0) is 13.0 Å². The van der Waals surface area contributed by atoms with Gasteiger partial charge in [-0.3, -0.25) is 9.48 Å². The van der Waals surface area contributed by atoms with E-state index >= 15 is 0 Å². The number of carbonyl (C=O) groups is 1. The molecule has 1 unspecified atom stereocenters. The van der Waals surface area contributed by atoms with Crippen LogP contribution >= 0.6 is 11.3 Å². The first-order valence-electron chi connectivity index (χ1n) is 6.96. The number of aryl methyl sites for hydroxylation is 1. The number of rotatable bonds is 6. The normalized spacial score (nSPS) is 12.3. The monoisotopic (exact) mass is 291 g/mol. The summed E-state index contributed by atoms with van der Waals surface area (Å²) in [5, 5.41) is 11.5. The van der Waals surface area contributed by atoms with Gasteiger partial charge in [0.25, 0.3) is 5.91 Å². The van der Waals surface area contributed by atoms with E-state index in [-0.39, 0.29) is 11.9 Å². The Morgan fingerprint density at radius 3 is 3.00 bits per heavy atom. The van der Waals surface area contributed by atoms with E-state index in [9.17, 15) is 4.79 Å². The van der Waals surface area contributed by atoms with Crippen LogP contribution in [-0.4, -0.2) is 21.7 Å². The molecule has 108 valence electrons. The molecular weight excluding hydrogens is 270 g/mol. The second-order valence-electron chi connectivity index (χ2n) is 5.08. The maximum Gasteiger partial charge on any atom is 0.254 e. The number of aromatic nitrogens is 2. The first-order chi connectivity index (χ1) is 9.61. The Balaban J connectivity index is 1.97. The van der Waals surface area contributed by atoms with Gasteiger partial charge in [0.1, 0.15) is 0 Å². The van der Waals surface area contributed by atoms with Crippen LogP contribution in [0, 0.1) is 6.92 Å². The zero-order chi connectivity index (χ0) is 14.5. The number of hydrogen-bond acceptors (Lipinski definition) is 3. The lowest BCUT2D eigenvalue weighted by atomic mass is 10.1. The summed E-state index contributed by atoms with van der Waals surface area (Å²) in [6.45, 7) is 6.93. The van der Waals surface area contributed by atoms with Crippen LogP contribution in [0.1, 0.15) is 41.9 Å². The summed E-state index contributed by atoms with van der Waals surface area (Å²) in [5.41, 5.74) is 2.88. The van der Waals surface area contributed by atoms with Gasteiger partial charge in [-0.05, 0) is 49.1 Å². The second-order valence-corrected chi connectivity index (χ2v) is 5.86. The third-order valence-electron chi connectivity index (χ3n) is 3.28. The predicted octanol–water partition coefficient (Wildman–Crippen LogP) is 3.02. The molecule has 2 aromatic heterocycles. The first kappa shape index (κ1) is 14.8. The van der Waals surface area contributed by atoms with Gasteiger partial charge in [-0.2, -0.15) is 16.4 Å². The molecule has 0 saturated heterocycles. The van der Waals surface area contributed by atoms with Crippen molar-refractivity contribution in [3.05, 3.63) is 39.8 Å². The number of nitrogens with one attached hydrogen (secondary N) is 1. The molecule has 0 fully saturated rings. The molecular formula is C15H21N3OS. The van der Waals surface area contributed by atoms with Crippen molar-refractivity contribution in [3.63, 3.8) is 0 Å². The van der Waals surface area contributed by atoms with Gasteiger partial charge in [0.05, 0.1) is 11.8 Å². The van der Waals surface area contributed by atoms with Crippen molar-refractivity contribution in [1.82, 2.24) is 15.1 Å². The van der Waals surface area contributed by atoms with Crippen LogP contribution in [0.3, 0.4) is 0 Å². The van der Waals surface area contributed by atoms with Crippen molar-refractivity contribution in [3.8, 4) is 0 Å². The highest BCUT2D eigenvalue weighted by Gasteiger charge is 2.16. The Morgan fingerprint density at radius 2 is 2.35 bits per heavy atom. The zero-order valence-corrected chi connectivity index (χ0v) is 13.0. The molecule has 1 N–H and O–H groups in total. The maximum absolute atomic E-state index is 12.3. The van der Waals surface area contributed by atoms with Crippen molar-refractivity contribution in [2.45, 2.75) is 46.2 Å². The van der Waals surface area contributed by atoms with Crippen LogP contribution in [0.15, 0.2) is 23.0 Å². The molecule has 1 atom stereocenters. The lowest BCUT2D eigenvalue weighted by molar-refractivity contribution is 0.0939. The molecule has 20 heavy (non-hydrogen) atoms. The molecule has 5 heteroatoms. The molecule has 0 aromatic carbocycles. The van der Waals surface area contributed by atoms with Crippen LogP contribution in [0.25, 0.3) is 0 Å². The zero-order valence-electron chi connectivity index (χ0n) is 12.2. The molecule has 2 aromatic rings. The Kier molecular flexibility index (Phi) is 4.95. The predicted molar refractivity (Wildman–Crippen MR) is 82.2 cm³/mol. The van der Waals surface area contributed by atoms with E-state index in [0.717, 1.165) is 25.1 Å². The highest BCUT2D eigenvalue weighted by molar-refractivity contribution is 7.07. The fraction of sp³-hybridized carbons (Fsp3) is 0.467. The smallest absolute Gasteiger partial charge is 0.254 e. The Hall–Kier alpha value is -1.62. The maximum atomic E-state index is 12.3. The van der Waals surface area contributed by atoms with Gasteiger partial charge in [-0.25, -0.2) is 0 Å². The number of nitrogens with zero attached hydrogens (tertiary/aromatic N) is 2. The van der Waals surface area contributed by atoms with Gasteiger partial charge in [-0.15, -0.1) is 0 Å². The molecule has 0 aliphatic rings. The van der Waals surface area contributed by atoms with E-state index in [2.05, 4.69) is 34.2 Å². The lowest BCUT2D eigenvalue weighted by Gasteiger charge is -2.13. The third-order valence-corrected chi connectivity index (χ3v) is 4.01. The van der Waals surface area contributed by atoms with Crippen LogP contribution in [0.5, 0.6) is 0 Å². The molecule has 0 bridgehead atoms. The second kappa shape index (κ2) is 6.70. The Labute approximate surface area is 123 Å². The number of thiophene rings is 1. The van der Waals surface area contributed by atoms with E-state index in [0.29, 0.717) is 5.56 Å². The molecule has 0 aliphatic carbocycles. The fourth-order valence-corrected chi connectivity index (χ4v) is 2.90. The molecule has 2 rings (SSSR count). The van der Waals surface area contributed by atoms with E-state index < -0.39 is 0 Å². The van der Waals surface area contributed by atoms with Crippen LogP contribution in [0.4, 0.5) is 0 Å². The van der Waals surface area contributed by atoms with Gasteiger partial charge >= 0.3 is 0 Å². The largest absolute Gasteiger partial charge is 0.349 e. The first-order valence-corrected chi connectivity index (χ1v) is 7.90. The Morgan fingerprint density at radius 1 is 1.55 bits per heavy atom. The minimum absolute atomic E-state index is 0.0346. The van der Waals surface area contributed by atoms with Gasteiger partial charge in [0.15, 0.2) is 0 Å². The molecule has 4 nitrogen and oxygen atoms in total. The fourth-order valence-electron chi connectivity index (χ4n) is 2.22. The number of carbonyl (C=O) groups excluding carboxylic acids is 1. The van der Waals surface area contributed by atoms with Crippen molar-refractivity contribution < 1.29 is 4.79 Å². The molecule has 0 radical (unpaired) electrons. The van der Waals surface area contributed by atoms with E-state index in [1.54, 1.807) is 17.5 Å². The quantitative estimate of drug-likeness (QED) is 0.889. The molecule has 0 saturated carbocycles. The minimum Gasteiger partial charge on any atom is -0.349 e. The summed E-state index contributed by atoms with van der Waals surface area (Å²) in [5.74, 6) is -0.0346. The van der Waals surface area contributed by atoms with E-state index in [1.807, 2.05) is 18.5 Å². The highest BCUT2D eigenvalue weighted by Crippen LogP contribution is 2.11. The highest BCUT2D eigenvalue weighted by atomic mass is 32.1. The Bertz CT molecular complexity index is 560. The summed E-state index contributed by atoms with van der Waals surface area (Å²) in [4.78, 5) is 12.3. The SMILES string of the molecule is CCCn1ncc(C(=O)NC(C)Cc2ccsc2)c1C.